The summed E-state index contributed by atoms with van der Waals surface area (Å²) in [7, 11) is 0. The summed E-state index contributed by atoms with van der Waals surface area (Å²) in [5.74, 6) is 1.61. The molecule has 0 radical (unpaired) electrons. The summed E-state index contributed by atoms with van der Waals surface area (Å²) in [6.45, 7) is 9.09. The number of nitrogens with one attached hydrogen (secondary N) is 1. The van der Waals surface area contributed by atoms with Gasteiger partial charge < -0.3 is 4.74 Å². The molecule has 22 heavy (non-hydrogen) atoms. The first-order valence-corrected chi connectivity index (χ1v) is 7.62. The lowest BCUT2D eigenvalue weighted by Gasteiger charge is -2.23. The van der Waals surface area contributed by atoms with E-state index < -0.39 is 0 Å². The van der Waals surface area contributed by atoms with Crippen molar-refractivity contribution in [1.29, 1.82) is 0 Å². The predicted molar refractivity (Wildman–Crippen MR) is 86.2 cm³/mol. The number of benzene rings is 1. The quantitative estimate of drug-likeness (QED) is 0.782. The van der Waals surface area contributed by atoms with E-state index in [1.807, 2.05) is 29.6 Å². The minimum Gasteiger partial charge on any atom is -0.486 e. The number of H-pyrrole nitrogens is 1. The van der Waals surface area contributed by atoms with E-state index in [1.165, 1.54) is 5.56 Å². The molecular formula is C17H22N4O. The van der Waals surface area contributed by atoms with E-state index in [4.69, 9.17) is 4.74 Å². The van der Waals surface area contributed by atoms with Gasteiger partial charge in [-0.25, -0.2) is 4.52 Å². The van der Waals surface area contributed by atoms with Crippen molar-refractivity contribution in [3.05, 3.63) is 47.4 Å². The Bertz CT molecular complexity index is 768. The van der Waals surface area contributed by atoms with Crippen molar-refractivity contribution >= 4 is 5.65 Å². The molecule has 0 saturated carbocycles. The molecule has 3 rings (SSSR count). The van der Waals surface area contributed by atoms with Gasteiger partial charge in [0.2, 0.25) is 0 Å². The van der Waals surface area contributed by atoms with Crippen LogP contribution in [0.15, 0.2) is 30.3 Å². The molecule has 0 unspecified atom stereocenters. The maximum Gasteiger partial charge on any atom is 0.190 e. The highest BCUT2D eigenvalue weighted by molar-refractivity contribution is 5.38. The molecule has 0 fully saturated rings. The Labute approximate surface area is 130 Å². The second-order valence-electron chi connectivity index (χ2n) is 6.30. The fourth-order valence-corrected chi connectivity index (χ4v) is 2.40. The van der Waals surface area contributed by atoms with Gasteiger partial charge in [0.05, 0.1) is 0 Å². The first-order valence-electron chi connectivity index (χ1n) is 7.62. The number of fused-ring (bicyclic) bond motifs is 1. The average molecular weight is 298 g/mol. The second kappa shape index (κ2) is 5.48. The smallest absolute Gasteiger partial charge is 0.190 e. The van der Waals surface area contributed by atoms with Crippen molar-refractivity contribution in [3.63, 3.8) is 0 Å². The molecule has 0 saturated heterocycles. The lowest BCUT2D eigenvalue weighted by atomic mass is 9.82. The molecule has 0 amide bonds. The SMILES string of the molecule is CCC(C)(C)c1ccc(OCc2nnc3cc(C)[nH]n23)cc1. The van der Waals surface area contributed by atoms with E-state index in [2.05, 4.69) is 48.2 Å². The van der Waals surface area contributed by atoms with Gasteiger partial charge in [-0.1, -0.05) is 32.9 Å². The molecule has 5 nitrogen and oxygen atoms in total. The van der Waals surface area contributed by atoms with Crippen LogP contribution in [0.1, 0.15) is 44.3 Å². The zero-order chi connectivity index (χ0) is 15.7. The molecule has 116 valence electrons. The minimum absolute atomic E-state index is 0.194. The van der Waals surface area contributed by atoms with Gasteiger partial charge in [-0.15, -0.1) is 10.2 Å². The first kappa shape index (κ1) is 14.6. The van der Waals surface area contributed by atoms with Crippen LogP contribution in [0.5, 0.6) is 5.75 Å². The molecular weight excluding hydrogens is 276 g/mol. The Hall–Kier alpha value is -2.30. The Morgan fingerprint density at radius 1 is 1.18 bits per heavy atom. The van der Waals surface area contributed by atoms with E-state index in [1.54, 1.807) is 0 Å². The third kappa shape index (κ3) is 2.71. The zero-order valence-corrected chi connectivity index (χ0v) is 13.6. The van der Waals surface area contributed by atoms with E-state index in [0.29, 0.717) is 6.61 Å². The monoisotopic (exact) mass is 298 g/mol. The number of hydrogen-bond donors (Lipinski definition) is 1. The summed E-state index contributed by atoms with van der Waals surface area (Å²) in [6, 6.07) is 10.3. The Morgan fingerprint density at radius 3 is 2.59 bits per heavy atom. The standard InChI is InChI=1S/C17H22N4O/c1-5-17(3,4)13-6-8-14(9-7-13)22-11-16-19-18-15-10-12(2)20-21(15)16/h6-10,20H,5,11H2,1-4H3. The number of aromatic nitrogens is 4. The van der Waals surface area contributed by atoms with Crippen LogP contribution < -0.4 is 4.74 Å². The maximum atomic E-state index is 5.83. The summed E-state index contributed by atoms with van der Waals surface area (Å²) >= 11 is 0. The van der Waals surface area contributed by atoms with Crippen molar-refractivity contribution in [2.24, 2.45) is 0 Å². The molecule has 0 atom stereocenters. The molecule has 1 aromatic carbocycles. The van der Waals surface area contributed by atoms with Crippen molar-refractivity contribution in [1.82, 2.24) is 19.8 Å². The molecule has 1 N–H and O–H groups in total. The summed E-state index contributed by atoms with van der Waals surface area (Å²) in [4.78, 5) is 0. The maximum absolute atomic E-state index is 5.83. The topological polar surface area (TPSA) is 55.2 Å². The van der Waals surface area contributed by atoms with Gasteiger partial charge in [0.15, 0.2) is 11.5 Å². The van der Waals surface area contributed by atoms with E-state index in [-0.39, 0.29) is 5.41 Å². The van der Waals surface area contributed by atoms with Crippen LogP contribution >= 0.6 is 0 Å². The number of nitrogens with zero attached hydrogens (tertiary/aromatic N) is 3. The fourth-order valence-electron chi connectivity index (χ4n) is 2.40. The van der Waals surface area contributed by atoms with Crippen LogP contribution in [0.25, 0.3) is 5.65 Å². The summed E-state index contributed by atoms with van der Waals surface area (Å²) in [5.41, 5.74) is 3.39. The molecule has 2 aromatic heterocycles. The number of rotatable bonds is 5. The average Bonchev–Trinajstić information content (AvgIpc) is 3.05. The largest absolute Gasteiger partial charge is 0.486 e. The van der Waals surface area contributed by atoms with Crippen molar-refractivity contribution in [2.45, 2.75) is 46.1 Å². The number of ether oxygens (including phenoxy) is 1. The molecule has 0 aliphatic carbocycles. The summed E-state index contributed by atoms with van der Waals surface area (Å²) in [5, 5.41) is 11.4. The third-order valence-electron chi connectivity index (χ3n) is 4.28. The van der Waals surface area contributed by atoms with Crippen molar-refractivity contribution in [2.75, 3.05) is 0 Å². The third-order valence-corrected chi connectivity index (χ3v) is 4.28. The van der Waals surface area contributed by atoms with E-state index in [0.717, 1.165) is 29.3 Å². The normalized spacial score (nSPS) is 12.0. The van der Waals surface area contributed by atoms with E-state index >= 15 is 0 Å². The number of aryl methyl sites for hydroxylation is 1. The predicted octanol–water partition coefficient (Wildman–Crippen LogP) is 3.63. The fraction of sp³-hybridized carbons (Fsp3) is 0.412. The van der Waals surface area contributed by atoms with Gasteiger partial charge in [-0.05, 0) is 36.5 Å². The molecule has 3 aromatic rings. The number of aromatic amines is 1. The van der Waals surface area contributed by atoms with Crippen LogP contribution in [0, 0.1) is 6.92 Å². The van der Waals surface area contributed by atoms with Crippen LogP contribution in [0.4, 0.5) is 0 Å². The number of hydrogen-bond acceptors (Lipinski definition) is 3. The van der Waals surface area contributed by atoms with Gasteiger partial charge in [0.1, 0.15) is 12.4 Å². The summed E-state index contributed by atoms with van der Waals surface area (Å²) in [6.07, 6.45) is 1.11. The van der Waals surface area contributed by atoms with Crippen LogP contribution in [0.2, 0.25) is 0 Å². The Kier molecular flexibility index (Phi) is 3.64. The highest BCUT2D eigenvalue weighted by Gasteiger charge is 2.17. The van der Waals surface area contributed by atoms with Crippen molar-refractivity contribution in [3.8, 4) is 5.75 Å². The van der Waals surface area contributed by atoms with Gasteiger partial charge in [0.25, 0.3) is 0 Å². The zero-order valence-electron chi connectivity index (χ0n) is 13.6. The second-order valence-corrected chi connectivity index (χ2v) is 6.30. The molecule has 0 aliphatic rings. The summed E-state index contributed by atoms with van der Waals surface area (Å²) < 4.78 is 7.68. The van der Waals surface area contributed by atoms with Crippen LogP contribution in [0.3, 0.4) is 0 Å². The molecule has 2 heterocycles. The minimum atomic E-state index is 0.194. The Morgan fingerprint density at radius 2 is 1.91 bits per heavy atom. The highest BCUT2D eigenvalue weighted by Crippen LogP contribution is 2.28. The van der Waals surface area contributed by atoms with E-state index in [9.17, 15) is 0 Å². The highest BCUT2D eigenvalue weighted by atomic mass is 16.5. The van der Waals surface area contributed by atoms with Gasteiger partial charge in [-0.2, -0.15) is 0 Å². The van der Waals surface area contributed by atoms with Crippen molar-refractivity contribution < 1.29 is 4.74 Å². The van der Waals surface area contributed by atoms with Crippen LogP contribution in [-0.2, 0) is 12.0 Å². The Balaban J connectivity index is 1.71. The van der Waals surface area contributed by atoms with Gasteiger partial charge >= 0.3 is 0 Å². The molecule has 0 spiro atoms. The van der Waals surface area contributed by atoms with Gasteiger partial charge in [0, 0.05) is 11.8 Å². The molecule has 0 bridgehead atoms. The molecule has 0 aliphatic heterocycles. The lowest BCUT2D eigenvalue weighted by molar-refractivity contribution is 0.292. The van der Waals surface area contributed by atoms with Crippen LogP contribution in [-0.4, -0.2) is 19.8 Å². The first-order chi connectivity index (χ1) is 10.5. The van der Waals surface area contributed by atoms with Gasteiger partial charge in [-0.3, -0.25) is 5.10 Å². The molecule has 5 heteroatoms. The lowest BCUT2D eigenvalue weighted by Crippen LogP contribution is -2.15.